The Morgan fingerprint density at radius 3 is 2.68 bits per heavy atom. The summed E-state index contributed by atoms with van der Waals surface area (Å²) in [5.74, 6) is 0.266. The minimum atomic E-state index is -0.459. The predicted octanol–water partition coefficient (Wildman–Crippen LogP) is 3.43. The van der Waals surface area contributed by atoms with Crippen molar-refractivity contribution in [2.75, 3.05) is 0 Å². The van der Waals surface area contributed by atoms with Crippen LogP contribution < -0.4 is 5.56 Å². The van der Waals surface area contributed by atoms with E-state index in [1.165, 1.54) is 18.2 Å². The highest BCUT2D eigenvalue weighted by Gasteiger charge is 2.08. The number of benzene rings is 1. The maximum absolute atomic E-state index is 13.3. The molecule has 0 spiro atoms. The molecule has 0 radical (unpaired) electrons. The Bertz CT molecular complexity index is 632. The topological polar surface area (TPSA) is 45.8 Å². The van der Waals surface area contributed by atoms with Gasteiger partial charge in [-0.1, -0.05) is 25.4 Å². The van der Waals surface area contributed by atoms with Crippen LogP contribution in [-0.2, 0) is 6.42 Å². The van der Waals surface area contributed by atoms with Crippen molar-refractivity contribution in [2.24, 2.45) is 5.92 Å². The highest BCUT2D eigenvalue weighted by Crippen LogP contribution is 2.21. The van der Waals surface area contributed by atoms with Crippen LogP contribution in [0.25, 0.3) is 11.4 Å². The molecule has 5 heteroatoms. The molecule has 3 nitrogen and oxygen atoms in total. The van der Waals surface area contributed by atoms with Crippen molar-refractivity contribution in [1.29, 1.82) is 0 Å². The van der Waals surface area contributed by atoms with Gasteiger partial charge in [0.05, 0.1) is 0 Å². The summed E-state index contributed by atoms with van der Waals surface area (Å²) in [4.78, 5) is 18.6. The van der Waals surface area contributed by atoms with Crippen LogP contribution in [0.5, 0.6) is 0 Å². The molecular weight excluding hydrogens is 267 g/mol. The van der Waals surface area contributed by atoms with Gasteiger partial charge in [-0.05, 0) is 30.5 Å². The van der Waals surface area contributed by atoms with E-state index in [9.17, 15) is 9.18 Å². The molecule has 0 atom stereocenters. The van der Waals surface area contributed by atoms with Crippen molar-refractivity contribution in [1.82, 2.24) is 9.97 Å². The number of hydrogen-bond donors (Lipinski definition) is 1. The summed E-state index contributed by atoms with van der Waals surface area (Å²) in [5, 5.41) is 0.270. The third kappa shape index (κ3) is 3.64. The molecule has 1 heterocycles. The zero-order chi connectivity index (χ0) is 14.0. The highest BCUT2D eigenvalue weighted by atomic mass is 35.5. The van der Waals surface area contributed by atoms with Gasteiger partial charge in [0, 0.05) is 22.3 Å². The SMILES string of the molecule is CC(C)Cc1cc(=O)[nH]c(-c2cc(F)cc(Cl)c2)n1. The van der Waals surface area contributed by atoms with Crippen LogP contribution in [0.3, 0.4) is 0 Å². The Kier molecular flexibility index (Phi) is 4.00. The lowest BCUT2D eigenvalue weighted by atomic mass is 10.1. The Balaban J connectivity index is 2.49. The molecule has 1 N–H and O–H groups in total. The van der Waals surface area contributed by atoms with E-state index in [4.69, 9.17) is 11.6 Å². The van der Waals surface area contributed by atoms with E-state index in [0.717, 1.165) is 0 Å². The summed E-state index contributed by atoms with van der Waals surface area (Å²) in [6.07, 6.45) is 0.694. The van der Waals surface area contributed by atoms with Gasteiger partial charge in [-0.3, -0.25) is 4.79 Å². The summed E-state index contributed by atoms with van der Waals surface area (Å²) in [6.45, 7) is 4.09. The normalized spacial score (nSPS) is 11.0. The van der Waals surface area contributed by atoms with E-state index < -0.39 is 5.82 Å². The fraction of sp³-hybridized carbons (Fsp3) is 0.286. The first kappa shape index (κ1) is 13.7. The quantitative estimate of drug-likeness (QED) is 0.936. The second kappa shape index (κ2) is 5.53. The predicted molar refractivity (Wildman–Crippen MR) is 73.8 cm³/mol. The lowest BCUT2D eigenvalue weighted by Crippen LogP contribution is -2.11. The standard InChI is InChI=1S/C14H14ClFN2O/c1-8(2)3-12-7-13(19)18-14(17-12)9-4-10(15)6-11(16)5-9/h4-8H,3H2,1-2H3,(H,17,18,19). The van der Waals surface area contributed by atoms with Crippen molar-refractivity contribution >= 4 is 11.6 Å². The summed E-state index contributed by atoms with van der Waals surface area (Å²) < 4.78 is 13.3. The van der Waals surface area contributed by atoms with Crippen molar-refractivity contribution < 1.29 is 4.39 Å². The van der Waals surface area contributed by atoms with Crippen molar-refractivity contribution in [3.8, 4) is 11.4 Å². The van der Waals surface area contributed by atoms with Crippen LogP contribution in [0.1, 0.15) is 19.5 Å². The average Bonchev–Trinajstić information content (AvgIpc) is 2.25. The monoisotopic (exact) mass is 280 g/mol. The number of H-pyrrole nitrogens is 1. The second-order valence-corrected chi connectivity index (χ2v) is 5.28. The summed E-state index contributed by atoms with van der Waals surface area (Å²) in [7, 11) is 0. The Hall–Kier alpha value is -1.68. The molecule has 0 aliphatic rings. The van der Waals surface area contributed by atoms with Crippen LogP contribution in [0, 0.1) is 11.7 Å². The third-order valence-electron chi connectivity index (χ3n) is 2.55. The molecule has 100 valence electrons. The first-order valence-corrected chi connectivity index (χ1v) is 6.38. The molecule has 19 heavy (non-hydrogen) atoms. The molecule has 0 unspecified atom stereocenters. The molecule has 0 amide bonds. The highest BCUT2D eigenvalue weighted by molar-refractivity contribution is 6.30. The number of aromatic amines is 1. The van der Waals surface area contributed by atoms with Crippen molar-refractivity contribution in [2.45, 2.75) is 20.3 Å². The van der Waals surface area contributed by atoms with Crippen molar-refractivity contribution in [3.63, 3.8) is 0 Å². The number of rotatable bonds is 3. The molecule has 0 saturated heterocycles. The molecule has 2 aromatic rings. The molecule has 1 aromatic carbocycles. The number of halogens is 2. The van der Waals surface area contributed by atoms with Gasteiger partial charge < -0.3 is 4.98 Å². The molecule has 0 saturated carbocycles. The van der Waals surface area contributed by atoms with E-state index >= 15 is 0 Å². The summed E-state index contributed by atoms with van der Waals surface area (Å²) >= 11 is 5.80. The molecule has 2 rings (SSSR count). The molecular formula is C14H14ClFN2O. The molecule has 1 aromatic heterocycles. The molecule has 0 aliphatic carbocycles. The maximum Gasteiger partial charge on any atom is 0.251 e. The minimum Gasteiger partial charge on any atom is -0.307 e. The number of aromatic nitrogens is 2. The number of nitrogens with one attached hydrogen (secondary N) is 1. The fourth-order valence-corrected chi connectivity index (χ4v) is 2.08. The van der Waals surface area contributed by atoms with Gasteiger partial charge in [-0.15, -0.1) is 0 Å². The summed E-state index contributed by atoms with van der Waals surface area (Å²) in [6, 6.07) is 5.54. The zero-order valence-corrected chi connectivity index (χ0v) is 11.5. The van der Waals surface area contributed by atoms with E-state index in [1.54, 1.807) is 6.07 Å². The van der Waals surface area contributed by atoms with E-state index in [1.807, 2.05) is 13.8 Å². The molecule has 0 fully saturated rings. The van der Waals surface area contributed by atoms with Gasteiger partial charge in [0.1, 0.15) is 11.6 Å². The number of hydrogen-bond acceptors (Lipinski definition) is 2. The Morgan fingerprint density at radius 1 is 1.32 bits per heavy atom. The fourth-order valence-electron chi connectivity index (χ4n) is 1.86. The van der Waals surface area contributed by atoms with Gasteiger partial charge >= 0.3 is 0 Å². The number of nitrogens with zero attached hydrogens (tertiary/aromatic N) is 1. The minimum absolute atomic E-state index is 0.249. The van der Waals surface area contributed by atoms with Gasteiger partial charge in [0.15, 0.2) is 0 Å². The van der Waals surface area contributed by atoms with E-state index in [2.05, 4.69) is 9.97 Å². The molecule has 0 bridgehead atoms. The maximum atomic E-state index is 13.3. The first-order valence-electron chi connectivity index (χ1n) is 6.01. The second-order valence-electron chi connectivity index (χ2n) is 4.84. The molecule has 0 aliphatic heterocycles. The van der Waals surface area contributed by atoms with Crippen LogP contribution in [-0.4, -0.2) is 9.97 Å². The Morgan fingerprint density at radius 2 is 2.05 bits per heavy atom. The van der Waals surface area contributed by atoms with E-state index in [0.29, 0.717) is 29.4 Å². The van der Waals surface area contributed by atoms with Crippen LogP contribution in [0.2, 0.25) is 5.02 Å². The third-order valence-corrected chi connectivity index (χ3v) is 2.77. The van der Waals surface area contributed by atoms with Gasteiger partial charge in [0.2, 0.25) is 0 Å². The van der Waals surface area contributed by atoms with Gasteiger partial charge in [-0.2, -0.15) is 0 Å². The lowest BCUT2D eigenvalue weighted by molar-refractivity contribution is 0.627. The largest absolute Gasteiger partial charge is 0.307 e. The van der Waals surface area contributed by atoms with E-state index in [-0.39, 0.29) is 10.6 Å². The van der Waals surface area contributed by atoms with Crippen LogP contribution in [0.4, 0.5) is 4.39 Å². The van der Waals surface area contributed by atoms with Gasteiger partial charge in [-0.25, -0.2) is 9.37 Å². The van der Waals surface area contributed by atoms with Crippen molar-refractivity contribution in [3.05, 3.63) is 51.2 Å². The lowest BCUT2D eigenvalue weighted by Gasteiger charge is -2.07. The first-order chi connectivity index (χ1) is 8.94. The van der Waals surface area contributed by atoms with Crippen LogP contribution in [0.15, 0.2) is 29.1 Å². The average molecular weight is 281 g/mol. The zero-order valence-electron chi connectivity index (χ0n) is 10.7. The Labute approximate surface area is 115 Å². The van der Waals surface area contributed by atoms with Gasteiger partial charge in [0.25, 0.3) is 5.56 Å². The summed E-state index contributed by atoms with van der Waals surface area (Å²) in [5.41, 5.74) is 0.905. The smallest absolute Gasteiger partial charge is 0.251 e. The van der Waals surface area contributed by atoms with Crippen LogP contribution >= 0.6 is 11.6 Å².